The lowest BCUT2D eigenvalue weighted by atomic mass is 9.99. The number of fused-ring (bicyclic) bond motifs is 2. The Hall–Kier alpha value is -2.75. The zero-order valence-corrected chi connectivity index (χ0v) is 21.5. The first-order valence-corrected chi connectivity index (χ1v) is 13.6. The maximum Gasteiger partial charge on any atom is 0.326 e. The number of anilines is 3. The van der Waals surface area contributed by atoms with E-state index in [9.17, 15) is 9.18 Å². The topological polar surface area (TPSA) is 70.6 Å². The number of ether oxygens (including phenoxy) is 1. The highest BCUT2D eigenvalue weighted by molar-refractivity contribution is 7.99. The first-order valence-electron chi connectivity index (χ1n) is 11.7. The van der Waals surface area contributed by atoms with Gasteiger partial charge in [0.2, 0.25) is 0 Å². The molecule has 1 aromatic carbocycles. The maximum atomic E-state index is 14.3. The van der Waals surface area contributed by atoms with E-state index in [4.69, 9.17) is 27.9 Å². The highest BCUT2D eigenvalue weighted by Crippen LogP contribution is 2.44. The van der Waals surface area contributed by atoms with Gasteiger partial charge in [0.1, 0.15) is 23.4 Å². The number of hydrogen-bond donors (Lipinski definition) is 1. The lowest BCUT2D eigenvalue weighted by Crippen LogP contribution is -2.41. The molecule has 3 aliphatic heterocycles. The number of carbonyl (C=O) groups excluding carboxylic acids is 1. The van der Waals surface area contributed by atoms with E-state index in [2.05, 4.69) is 20.2 Å². The van der Waals surface area contributed by atoms with Crippen LogP contribution in [0.3, 0.4) is 0 Å². The van der Waals surface area contributed by atoms with Crippen molar-refractivity contribution in [1.29, 1.82) is 0 Å². The van der Waals surface area contributed by atoms with Crippen molar-refractivity contribution in [3.63, 3.8) is 0 Å². The molecule has 2 aromatic heterocycles. The summed E-state index contributed by atoms with van der Waals surface area (Å²) in [4.78, 5) is 25.7. The number of aryl methyl sites for hydroxylation is 1. The summed E-state index contributed by atoms with van der Waals surface area (Å²) in [5.41, 5.74) is 3.09. The van der Waals surface area contributed by atoms with E-state index in [1.54, 1.807) is 29.4 Å². The quantitative estimate of drug-likeness (QED) is 0.429. The molecular formula is C25H22Cl2FN5O2S. The van der Waals surface area contributed by atoms with Gasteiger partial charge in [-0.15, -0.1) is 0 Å². The fourth-order valence-corrected chi connectivity index (χ4v) is 6.23. The molecule has 186 valence electrons. The van der Waals surface area contributed by atoms with E-state index >= 15 is 0 Å². The van der Waals surface area contributed by atoms with Crippen LogP contribution in [0.2, 0.25) is 10.0 Å². The Bertz CT molecular complexity index is 1350. The molecule has 0 spiro atoms. The minimum Gasteiger partial charge on any atom is -0.484 e. The first-order chi connectivity index (χ1) is 17.5. The van der Waals surface area contributed by atoms with Crippen molar-refractivity contribution in [2.75, 3.05) is 39.7 Å². The van der Waals surface area contributed by atoms with Gasteiger partial charge in [-0.2, -0.15) is 11.8 Å². The standard InChI is InChI=1S/C25H22Cl2FN5O2S/c26-16-10-14-3-4-20(23-18(28)2-1-5-29-23)35-21(14)11-19(16)33-13-15-17(27)12-30-24(22(15)31-25(33)34)32-6-8-36-9-7-32/h1-2,5,10-12,20H,3-4,6-9,13H2,(H,31,34). The van der Waals surface area contributed by atoms with E-state index in [0.29, 0.717) is 40.0 Å². The molecular weight excluding hydrogens is 524 g/mol. The molecule has 2 amide bonds. The number of rotatable bonds is 3. The third kappa shape index (κ3) is 4.23. The molecule has 1 saturated heterocycles. The van der Waals surface area contributed by atoms with Gasteiger partial charge in [0.25, 0.3) is 0 Å². The number of halogens is 3. The largest absolute Gasteiger partial charge is 0.484 e. The summed E-state index contributed by atoms with van der Waals surface area (Å²) in [5.74, 6) is 2.91. The normalized spacial score (nSPS) is 19.3. The number of aromatic nitrogens is 2. The monoisotopic (exact) mass is 545 g/mol. The van der Waals surface area contributed by atoms with Gasteiger partial charge in [0.05, 0.1) is 28.0 Å². The van der Waals surface area contributed by atoms with Crippen LogP contribution in [-0.4, -0.2) is 40.6 Å². The van der Waals surface area contributed by atoms with Crippen LogP contribution in [-0.2, 0) is 13.0 Å². The smallest absolute Gasteiger partial charge is 0.326 e. The fraction of sp³-hybridized carbons (Fsp3) is 0.320. The molecule has 11 heteroatoms. The molecule has 0 radical (unpaired) electrons. The van der Waals surface area contributed by atoms with E-state index in [-0.39, 0.29) is 18.3 Å². The van der Waals surface area contributed by atoms with Crippen LogP contribution in [0.5, 0.6) is 5.75 Å². The van der Waals surface area contributed by atoms with Gasteiger partial charge in [0.15, 0.2) is 5.82 Å². The van der Waals surface area contributed by atoms with Crippen LogP contribution in [0.15, 0.2) is 36.7 Å². The van der Waals surface area contributed by atoms with Crippen molar-refractivity contribution in [2.45, 2.75) is 25.5 Å². The summed E-state index contributed by atoms with van der Waals surface area (Å²) in [5, 5.41) is 3.90. The van der Waals surface area contributed by atoms with Crippen LogP contribution in [0, 0.1) is 5.82 Å². The molecule has 1 atom stereocenters. The second-order valence-corrected chi connectivity index (χ2v) is 10.9. The van der Waals surface area contributed by atoms with Gasteiger partial charge in [-0.1, -0.05) is 23.2 Å². The van der Waals surface area contributed by atoms with Crippen molar-refractivity contribution in [3.05, 3.63) is 69.3 Å². The second-order valence-electron chi connectivity index (χ2n) is 8.83. The molecule has 1 fully saturated rings. The minimum absolute atomic E-state index is 0.231. The molecule has 0 aliphatic carbocycles. The summed E-state index contributed by atoms with van der Waals surface area (Å²) >= 11 is 15.1. The lowest BCUT2D eigenvalue weighted by Gasteiger charge is -2.35. The number of carbonyl (C=O) groups is 1. The molecule has 36 heavy (non-hydrogen) atoms. The van der Waals surface area contributed by atoms with Crippen LogP contribution in [0.25, 0.3) is 0 Å². The summed E-state index contributed by atoms with van der Waals surface area (Å²) in [6.45, 7) is 1.95. The van der Waals surface area contributed by atoms with Gasteiger partial charge in [-0.05, 0) is 36.6 Å². The van der Waals surface area contributed by atoms with E-state index in [0.717, 1.165) is 41.5 Å². The average molecular weight is 546 g/mol. The highest BCUT2D eigenvalue weighted by Gasteiger charge is 2.33. The van der Waals surface area contributed by atoms with E-state index in [1.165, 1.54) is 6.07 Å². The number of nitrogens with one attached hydrogen (secondary N) is 1. The number of thioether (sulfide) groups is 1. The molecule has 7 nitrogen and oxygen atoms in total. The Morgan fingerprint density at radius 2 is 2.00 bits per heavy atom. The number of pyridine rings is 2. The molecule has 3 aliphatic rings. The maximum absolute atomic E-state index is 14.3. The Morgan fingerprint density at radius 3 is 2.81 bits per heavy atom. The van der Waals surface area contributed by atoms with Gasteiger partial charge in [0, 0.05) is 48.6 Å². The summed E-state index contributed by atoms with van der Waals surface area (Å²) < 4.78 is 20.5. The minimum atomic E-state index is -0.519. The molecule has 0 saturated carbocycles. The molecule has 1 N–H and O–H groups in total. The first kappa shape index (κ1) is 23.6. The number of nitrogens with zero attached hydrogens (tertiary/aromatic N) is 4. The van der Waals surface area contributed by atoms with Crippen molar-refractivity contribution in [2.24, 2.45) is 0 Å². The summed E-state index contributed by atoms with van der Waals surface area (Å²) in [7, 11) is 0. The SMILES string of the molecule is O=C1Nc2c(N3CCSCC3)ncc(Cl)c2CN1c1cc2c(cc1Cl)CCC(c1ncccc1F)O2. The van der Waals surface area contributed by atoms with Crippen molar-refractivity contribution < 1.29 is 13.9 Å². The predicted octanol–water partition coefficient (Wildman–Crippen LogP) is 6.09. The van der Waals surface area contributed by atoms with Gasteiger partial charge in [-0.25, -0.2) is 14.2 Å². The second kappa shape index (κ2) is 9.61. The Morgan fingerprint density at radius 1 is 1.17 bits per heavy atom. The molecule has 6 rings (SSSR count). The van der Waals surface area contributed by atoms with Gasteiger partial charge in [-0.3, -0.25) is 9.88 Å². The molecule has 3 aromatic rings. The van der Waals surface area contributed by atoms with Crippen LogP contribution in [0.1, 0.15) is 29.3 Å². The Balaban J connectivity index is 1.33. The molecule has 5 heterocycles. The number of benzene rings is 1. The highest BCUT2D eigenvalue weighted by atomic mass is 35.5. The Kier molecular flexibility index (Phi) is 6.31. The van der Waals surface area contributed by atoms with Crippen molar-refractivity contribution in [1.82, 2.24) is 9.97 Å². The molecule has 0 bridgehead atoms. The summed E-state index contributed by atoms with van der Waals surface area (Å²) in [6.07, 6.45) is 3.90. The third-order valence-corrected chi connectivity index (χ3v) is 8.25. The zero-order chi connectivity index (χ0) is 24.8. The van der Waals surface area contributed by atoms with Crippen molar-refractivity contribution in [3.8, 4) is 5.75 Å². The van der Waals surface area contributed by atoms with Crippen LogP contribution >= 0.6 is 35.0 Å². The molecule has 1 unspecified atom stereocenters. The number of amides is 2. The fourth-order valence-electron chi connectivity index (χ4n) is 4.84. The lowest BCUT2D eigenvalue weighted by molar-refractivity contribution is 0.167. The number of hydrogen-bond acceptors (Lipinski definition) is 6. The van der Waals surface area contributed by atoms with Gasteiger partial charge >= 0.3 is 6.03 Å². The predicted molar refractivity (Wildman–Crippen MR) is 141 cm³/mol. The third-order valence-electron chi connectivity index (χ3n) is 6.68. The van der Waals surface area contributed by atoms with E-state index in [1.807, 2.05) is 17.8 Å². The van der Waals surface area contributed by atoms with Crippen molar-refractivity contribution >= 4 is 58.2 Å². The zero-order valence-electron chi connectivity index (χ0n) is 19.1. The number of urea groups is 1. The van der Waals surface area contributed by atoms with Crippen LogP contribution in [0.4, 0.5) is 26.4 Å². The Labute approximate surface area is 221 Å². The van der Waals surface area contributed by atoms with E-state index < -0.39 is 11.9 Å². The van der Waals surface area contributed by atoms with Crippen LogP contribution < -0.4 is 19.9 Å². The average Bonchev–Trinajstić information content (AvgIpc) is 2.89. The summed E-state index contributed by atoms with van der Waals surface area (Å²) in [6, 6.07) is 6.15. The van der Waals surface area contributed by atoms with Gasteiger partial charge < -0.3 is 15.0 Å².